The first-order chi connectivity index (χ1) is 19.4. The third kappa shape index (κ3) is 10.9. The van der Waals surface area contributed by atoms with Gasteiger partial charge in [0, 0.05) is 17.8 Å². The molecule has 0 aromatic heterocycles. The minimum Gasteiger partial charge on any atom is -0.445 e. The fraction of sp³-hybridized carbons (Fsp3) is 0.267. The van der Waals surface area contributed by atoms with Crippen molar-refractivity contribution in [1.82, 2.24) is 10.6 Å². The molecule has 0 heterocycles. The predicted octanol–water partition coefficient (Wildman–Crippen LogP) is 5.59. The number of hydrogen-bond donors (Lipinski definition) is 3. The first-order valence-corrected chi connectivity index (χ1v) is 14.0. The quantitative estimate of drug-likeness (QED) is 0.124. The highest BCUT2D eigenvalue weighted by Gasteiger charge is 2.22. The van der Waals surface area contributed by atoms with E-state index in [0.29, 0.717) is 37.1 Å². The van der Waals surface area contributed by atoms with Crippen LogP contribution in [0.1, 0.15) is 40.7 Å². The van der Waals surface area contributed by atoms with Crippen molar-refractivity contribution in [3.63, 3.8) is 0 Å². The summed E-state index contributed by atoms with van der Waals surface area (Å²) in [6.07, 6.45) is 0.170. The second-order valence-corrected chi connectivity index (χ2v) is 9.43. The number of Topliss-reactive ketones (excluding diaryl/α,β-unsaturated/α-hetero) is 1. The van der Waals surface area contributed by atoms with E-state index in [9.17, 15) is 19.2 Å². The van der Waals surface area contributed by atoms with Crippen molar-refractivity contribution < 1.29 is 28.7 Å². The van der Waals surface area contributed by atoms with Crippen molar-refractivity contribution in [3.05, 3.63) is 102 Å². The zero-order valence-electron chi connectivity index (χ0n) is 21.9. The Bertz CT molecular complexity index is 1240. The molecule has 0 aliphatic carbocycles. The molecule has 3 aromatic carbocycles. The van der Waals surface area contributed by atoms with Gasteiger partial charge in [0.1, 0.15) is 19.3 Å². The molecular weight excluding hydrogens is 578 g/mol. The Labute approximate surface area is 241 Å². The zero-order chi connectivity index (χ0) is 28.6. The molecule has 0 aliphatic rings. The normalized spacial score (nSPS) is 11.1. The standard InChI is InChI=1S/C30H32BrN3O6/c31-19-27(35)24-14-16-25(17-15-24)33-28(36)26(34-30(38)40-21-23-11-5-2-6-12-23)13-7-8-18-32-29(37)39-20-22-9-3-1-4-10-22/h1-6,9-12,14-17,26H,7-8,13,18-21H2,(H,32,37)(H,33,36)(H,34,38)/t26-/m0/s1. The molecule has 3 aromatic rings. The average Bonchev–Trinajstić information content (AvgIpc) is 2.99. The third-order valence-electron chi connectivity index (χ3n) is 5.82. The number of amides is 3. The Balaban J connectivity index is 1.49. The molecule has 0 aliphatic heterocycles. The number of anilines is 1. The van der Waals surface area contributed by atoms with E-state index in [4.69, 9.17) is 9.47 Å². The minimum absolute atomic E-state index is 0.0685. The van der Waals surface area contributed by atoms with E-state index in [0.717, 1.165) is 11.1 Å². The van der Waals surface area contributed by atoms with E-state index < -0.39 is 24.1 Å². The molecule has 0 unspecified atom stereocenters. The van der Waals surface area contributed by atoms with Gasteiger partial charge >= 0.3 is 12.2 Å². The first kappa shape index (κ1) is 30.4. The second kappa shape index (κ2) is 16.7. The molecule has 0 bridgehead atoms. The lowest BCUT2D eigenvalue weighted by molar-refractivity contribution is -0.118. The third-order valence-corrected chi connectivity index (χ3v) is 6.33. The summed E-state index contributed by atoms with van der Waals surface area (Å²) in [5, 5.41) is 8.31. The maximum absolute atomic E-state index is 13.0. The van der Waals surface area contributed by atoms with Crippen molar-refractivity contribution in [2.45, 2.75) is 38.5 Å². The molecule has 3 amide bonds. The molecule has 0 fully saturated rings. The van der Waals surface area contributed by atoms with Gasteiger partial charge in [-0.05, 0) is 54.7 Å². The average molecular weight is 611 g/mol. The molecule has 0 saturated carbocycles. The Morgan fingerprint density at radius 2 is 1.30 bits per heavy atom. The van der Waals surface area contributed by atoms with Crippen molar-refractivity contribution in [2.24, 2.45) is 0 Å². The van der Waals surface area contributed by atoms with Gasteiger partial charge in [-0.3, -0.25) is 9.59 Å². The Kier molecular flexibility index (Phi) is 12.7. The molecule has 0 saturated heterocycles. The van der Waals surface area contributed by atoms with Gasteiger partial charge in [0.25, 0.3) is 0 Å². The van der Waals surface area contributed by atoms with Gasteiger partial charge < -0.3 is 25.4 Å². The number of benzene rings is 3. The van der Waals surface area contributed by atoms with Crippen LogP contribution in [0.25, 0.3) is 0 Å². The van der Waals surface area contributed by atoms with Crippen LogP contribution in [0, 0.1) is 0 Å². The number of alkyl halides is 1. The molecule has 10 heteroatoms. The summed E-state index contributed by atoms with van der Waals surface area (Å²) in [4.78, 5) is 49.3. The molecule has 210 valence electrons. The Morgan fingerprint density at radius 1 is 0.725 bits per heavy atom. The summed E-state index contributed by atoms with van der Waals surface area (Å²) < 4.78 is 10.5. The highest BCUT2D eigenvalue weighted by molar-refractivity contribution is 9.09. The number of ether oxygens (including phenoxy) is 2. The highest BCUT2D eigenvalue weighted by atomic mass is 79.9. The monoisotopic (exact) mass is 609 g/mol. The summed E-state index contributed by atoms with van der Waals surface area (Å²) in [6.45, 7) is 0.595. The maximum atomic E-state index is 13.0. The molecule has 1 atom stereocenters. The fourth-order valence-corrected chi connectivity index (χ4v) is 3.98. The summed E-state index contributed by atoms with van der Waals surface area (Å²) in [7, 11) is 0. The van der Waals surface area contributed by atoms with E-state index in [2.05, 4.69) is 31.9 Å². The van der Waals surface area contributed by atoms with Crippen LogP contribution < -0.4 is 16.0 Å². The topological polar surface area (TPSA) is 123 Å². The van der Waals surface area contributed by atoms with Crippen LogP contribution in [0.5, 0.6) is 0 Å². The van der Waals surface area contributed by atoms with Gasteiger partial charge in [0.15, 0.2) is 5.78 Å². The molecule has 40 heavy (non-hydrogen) atoms. The van der Waals surface area contributed by atoms with Gasteiger partial charge in [-0.2, -0.15) is 0 Å². The Hall–Kier alpha value is -4.18. The van der Waals surface area contributed by atoms with Crippen molar-refractivity contribution in [2.75, 3.05) is 17.2 Å². The second-order valence-electron chi connectivity index (χ2n) is 8.87. The van der Waals surface area contributed by atoms with E-state index in [1.807, 2.05) is 60.7 Å². The lowest BCUT2D eigenvalue weighted by Crippen LogP contribution is -2.44. The van der Waals surface area contributed by atoms with Crippen LogP contribution in [0.4, 0.5) is 15.3 Å². The summed E-state index contributed by atoms with van der Waals surface area (Å²) in [5.74, 6) is -0.498. The Morgan fingerprint density at radius 3 is 1.88 bits per heavy atom. The summed E-state index contributed by atoms with van der Waals surface area (Å²) >= 11 is 3.14. The van der Waals surface area contributed by atoms with Crippen LogP contribution in [0.2, 0.25) is 0 Å². The summed E-state index contributed by atoms with van der Waals surface area (Å²) in [6, 6.07) is 24.2. The van der Waals surface area contributed by atoms with Gasteiger partial charge in [0.2, 0.25) is 5.91 Å². The number of unbranched alkanes of at least 4 members (excludes halogenated alkanes) is 1. The number of ketones is 1. The number of carbonyl (C=O) groups excluding carboxylic acids is 4. The maximum Gasteiger partial charge on any atom is 0.408 e. The number of hydrogen-bond acceptors (Lipinski definition) is 6. The van der Waals surface area contributed by atoms with Gasteiger partial charge in [-0.1, -0.05) is 76.6 Å². The molecule has 0 spiro atoms. The van der Waals surface area contributed by atoms with Crippen molar-refractivity contribution >= 4 is 45.5 Å². The zero-order valence-corrected chi connectivity index (χ0v) is 23.5. The van der Waals surface area contributed by atoms with E-state index in [1.54, 1.807) is 24.3 Å². The molecule has 9 nitrogen and oxygen atoms in total. The number of nitrogens with one attached hydrogen (secondary N) is 3. The van der Waals surface area contributed by atoms with Crippen LogP contribution in [0.3, 0.4) is 0 Å². The van der Waals surface area contributed by atoms with Crippen molar-refractivity contribution in [3.8, 4) is 0 Å². The minimum atomic E-state index is -0.878. The molecule has 3 N–H and O–H groups in total. The fourth-order valence-electron chi connectivity index (χ4n) is 3.66. The van der Waals surface area contributed by atoms with Crippen LogP contribution >= 0.6 is 15.9 Å². The lowest BCUT2D eigenvalue weighted by atomic mass is 10.1. The number of alkyl carbamates (subject to hydrolysis) is 2. The molecule has 3 rings (SSSR count). The van der Waals surface area contributed by atoms with E-state index in [-0.39, 0.29) is 24.3 Å². The largest absolute Gasteiger partial charge is 0.445 e. The van der Waals surface area contributed by atoms with E-state index >= 15 is 0 Å². The van der Waals surface area contributed by atoms with Crippen LogP contribution in [0.15, 0.2) is 84.9 Å². The van der Waals surface area contributed by atoms with Gasteiger partial charge in [-0.25, -0.2) is 9.59 Å². The molecular formula is C30H32BrN3O6. The smallest absolute Gasteiger partial charge is 0.408 e. The predicted molar refractivity (Wildman–Crippen MR) is 155 cm³/mol. The number of carbonyl (C=O) groups is 4. The SMILES string of the molecule is O=C(NCCCC[C@H](NC(=O)OCc1ccccc1)C(=O)Nc1ccc(C(=O)CBr)cc1)OCc1ccccc1. The van der Waals surface area contributed by atoms with Gasteiger partial charge in [0.05, 0.1) is 5.33 Å². The summed E-state index contributed by atoms with van der Waals surface area (Å²) in [5.41, 5.74) is 2.72. The van der Waals surface area contributed by atoms with Crippen molar-refractivity contribution in [1.29, 1.82) is 0 Å². The number of rotatable bonds is 14. The lowest BCUT2D eigenvalue weighted by Gasteiger charge is -2.19. The number of halogens is 1. The van der Waals surface area contributed by atoms with Crippen LogP contribution in [-0.4, -0.2) is 41.8 Å². The van der Waals surface area contributed by atoms with E-state index in [1.165, 1.54) is 0 Å². The highest BCUT2D eigenvalue weighted by Crippen LogP contribution is 2.13. The first-order valence-electron chi connectivity index (χ1n) is 12.9. The van der Waals surface area contributed by atoms with Gasteiger partial charge in [-0.15, -0.1) is 0 Å². The molecule has 0 radical (unpaired) electrons. The van der Waals surface area contributed by atoms with Crippen LogP contribution in [-0.2, 0) is 27.5 Å².